The van der Waals surface area contributed by atoms with Gasteiger partial charge in [-0.25, -0.2) is 0 Å². The fraction of sp³-hybridized carbons (Fsp3) is 0.250. The summed E-state index contributed by atoms with van der Waals surface area (Å²) in [6, 6.07) is 0. The van der Waals surface area contributed by atoms with Gasteiger partial charge in [-0.2, -0.15) is 0 Å². The van der Waals surface area contributed by atoms with E-state index in [0.717, 1.165) is 0 Å². The van der Waals surface area contributed by atoms with Crippen LogP contribution in [0.3, 0.4) is 0 Å². The quantitative estimate of drug-likeness (QED) is 0.567. The molecule has 0 saturated heterocycles. The zero-order valence-corrected chi connectivity index (χ0v) is 5.62. The van der Waals surface area contributed by atoms with E-state index in [9.17, 15) is 0 Å². The van der Waals surface area contributed by atoms with Gasteiger partial charge >= 0.3 is 0 Å². The second-order valence-corrected chi connectivity index (χ2v) is 1.75. The van der Waals surface area contributed by atoms with Gasteiger partial charge in [0.2, 0.25) is 0 Å². The fourth-order valence-corrected chi connectivity index (χ4v) is 0.368. The smallest absolute Gasteiger partial charge is 0.0695 e. The van der Waals surface area contributed by atoms with E-state index in [1.165, 1.54) is 0 Å². The van der Waals surface area contributed by atoms with Gasteiger partial charge in [0.25, 0.3) is 0 Å². The van der Waals surface area contributed by atoms with Crippen LogP contribution in [0, 0.1) is 0 Å². The summed E-state index contributed by atoms with van der Waals surface area (Å²) in [6.45, 7) is 5.20. The highest BCUT2D eigenvalue weighted by Gasteiger charge is 1.79. The molecule has 0 rings (SSSR count). The fourth-order valence-electron chi connectivity index (χ4n) is 0.368. The molecule has 0 spiro atoms. The maximum Gasteiger partial charge on any atom is 0.0695 e. The maximum atomic E-state index is 8.71. The van der Waals surface area contributed by atoms with Gasteiger partial charge in [0.05, 0.1) is 6.10 Å². The molecule has 0 aromatic heterocycles. The third-order valence-electron chi connectivity index (χ3n) is 0.748. The standard InChI is InChI=1S/C8H12O/c1-3-4-5-6-7-8(2)9/h3-9H,1H2,2H3/b5-4?,7-6+. The van der Waals surface area contributed by atoms with Crippen LogP contribution in [0.15, 0.2) is 37.0 Å². The summed E-state index contributed by atoms with van der Waals surface area (Å²) in [7, 11) is 0. The summed E-state index contributed by atoms with van der Waals surface area (Å²) in [5, 5.41) is 8.71. The highest BCUT2D eigenvalue weighted by atomic mass is 16.3. The van der Waals surface area contributed by atoms with E-state index >= 15 is 0 Å². The molecule has 0 aromatic carbocycles. The van der Waals surface area contributed by atoms with Crippen LogP contribution in [0.5, 0.6) is 0 Å². The Bertz CT molecular complexity index is 121. The molecule has 1 atom stereocenters. The Morgan fingerprint density at radius 1 is 1.33 bits per heavy atom. The highest BCUT2D eigenvalue weighted by Crippen LogP contribution is 1.83. The van der Waals surface area contributed by atoms with Crippen LogP contribution in [0.1, 0.15) is 6.92 Å². The van der Waals surface area contributed by atoms with Gasteiger partial charge in [-0.3, -0.25) is 0 Å². The van der Waals surface area contributed by atoms with E-state index in [-0.39, 0.29) is 6.10 Å². The Morgan fingerprint density at radius 2 is 2.00 bits per heavy atom. The Morgan fingerprint density at radius 3 is 2.44 bits per heavy atom. The average molecular weight is 124 g/mol. The first-order valence-electron chi connectivity index (χ1n) is 2.91. The first-order chi connectivity index (χ1) is 4.27. The van der Waals surface area contributed by atoms with E-state index in [2.05, 4.69) is 6.58 Å². The molecule has 0 aromatic rings. The zero-order valence-electron chi connectivity index (χ0n) is 5.62. The summed E-state index contributed by atoms with van der Waals surface area (Å²) in [5.74, 6) is 0. The minimum absolute atomic E-state index is 0.362. The van der Waals surface area contributed by atoms with Crippen molar-refractivity contribution in [3.05, 3.63) is 37.0 Å². The minimum Gasteiger partial charge on any atom is -0.389 e. The normalized spacial score (nSPS) is 14.9. The zero-order chi connectivity index (χ0) is 7.11. The van der Waals surface area contributed by atoms with Gasteiger partial charge < -0.3 is 5.11 Å². The molecule has 50 valence electrons. The van der Waals surface area contributed by atoms with E-state index < -0.39 is 0 Å². The van der Waals surface area contributed by atoms with Crippen molar-refractivity contribution in [1.82, 2.24) is 0 Å². The summed E-state index contributed by atoms with van der Waals surface area (Å²) in [6.07, 6.45) is 8.43. The average Bonchev–Trinajstić information content (AvgIpc) is 1.80. The monoisotopic (exact) mass is 124 g/mol. The molecule has 0 amide bonds. The van der Waals surface area contributed by atoms with Crippen molar-refractivity contribution < 1.29 is 5.11 Å². The molecule has 0 aliphatic rings. The van der Waals surface area contributed by atoms with E-state index in [1.807, 2.05) is 6.08 Å². The predicted molar refractivity (Wildman–Crippen MR) is 40.2 cm³/mol. The number of aliphatic hydroxyl groups is 1. The number of hydrogen-bond acceptors (Lipinski definition) is 1. The number of rotatable bonds is 3. The van der Waals surface area contributed by atoms with Crippen LogP contribution in [-0.4, -0.2) is 11.2 Å². The first kappa shape index (κ1) is 8.18. The number of aliphatic hydroxyl groups excluding tert-OH is 1. The molecule has 0 heterocycles. The molecule has 0 radical (unpaired) electrons. The van der Waals surface area contributed by atoms with Crippen LogP contribution < -0.4 is 0 Å². The van der Waals surface area contributed by atoms with Gasteiger partial charge in [0, 0.05) is 0 Å². The summed E-state index contributed by atoms with van der Waals surface area (Å²) in [4.78, 5) is 0. The predicted octanol–water partition coefficient (Wildman–Crippen LogP) is 1.67. The third kappa shape index (κ3) is 7.18. The lowest BCUT2D eigenvalue weighted by Crippen LogP contribution is -1.90. The lowest BCUT2D eigenvalue weighted by atomic mass is 10.3. The Hall–Kier alpha value is -0.820. The van der Waals surface area contributed by atoms with Gasteiger partial charge in [-0.05, 0) is 6.92 Å². The second kappa shape index (κ2) is 5.32. The molecular weight excluding hydrogens is 112 g/mol. The van der Waals surface area contributed by atoms with Crippen molar-refractivity contribution in [1.29, 1.82) is 0 Å². The maximum absolute atomic E-state index is 8.71. The molecule has 0 aliphatic carbocycles. The van der Waals surface area contributed by atoms with Crippen LogP contribution in [0.4, 0.5) is 0 Å². The Kier molecular flexibility index (Phi) is 4.83. The van der Waals surface area contributed by atoms with Crippen molar-refractivity contribution in [3.8, 4) is 0 Å². The Labute approximate surface area is 56.0 Å². The number of hydrogen-bond donors (Lipinski definition) is 1. The van der Waals surface area contributed by atoms with Gasteiger partial charge in [0.15, 0.2) is 0 Å². The van der Waals surface area contributed by atoms with E-state index in [1.54, 1.807) is 31.2 Å². The SMILES string of the molecule is C=CC=C/C=C/C(C)O. The molecule has 1 unspecified atom stereocenters. The first-order valence-corrected chi connectivity index (χ1v) is 2.91. The second-order valence-electron chi connectivity index (χ2n) is 1.75. The molecule has 9 heavy (non-hydrogen) atoms. The van der Waals surface area contributed by atoms with Crippen molar-refractivity contribution >= 4 is 0 Å². The lowest BCUT2D eigenvalue weighted by molar-refractivity contribution is 0.244. The third-order valence-corrected chi connectivity index (χ3v) is 0.748. The molecule has 0 fully saturated rings. The molecule has 1 heteroatoms. The largest absolute Gasteiger partial charge is 0.389 e. The molecule has 0 saturated carbocycles. The molecule has 0 bridgehead atoms. The van der Waals surface area contributed by atoms with Gasteiger partial charge in [-0.1, -0.05) is 37.0 Å². The molecule has 0 aliphatic heterocycles. The van der Waals surface area contributed by atoms with Crippen LogP contribution in [-0.2, 0) is 0 Å². The highest BCUT2D eigenvalue weighted by molar-refractivity contribution is 5.09. The molecule has 1 nitrogen and oxygen atoms in total. The van der Waals surface area contributed by atoms with Gasteiger partial charge in [0.1, 0.15) is 0 Å². The van der Waals surface area contributed by atoms with Crippen LogP contribution >= 0.6 is 0 Å². The number of allylic oxidation sites excluding steroid dienone is 4. The van der Waals surface area contributed by atoms with E-state index in [0.29, 0.717) is 0 Å². The van der Waals surface area contributed by atoms with Gasteiger partial charge in [-0.15, -0.1) is 0 Å². The molecule has 1 N–H and O–H groups in total. The molecular formula is C8H12O. The van der Waals surface area contributed by atoms with E-state index in [4.69, 9.17) is 5.11 Å². The lowest BCUT2D eigenvalue weighted by Gasteiger charge is -1.88. The summed E-state index contributed by atoms with van der Waals surface area (Å²) in [5.41, 5.74) is 0. The topological polar surface area (TPSA) is 20.2 Å². The van der Waals surface area contributed by atoms with Crippen LogP contribution in [0.2, 0.25) is 0 Å². The van der Waals surface area contributed by atoms with Crippen molar-refractivity contribution in [3.63, 3.8) is 0 Å². The minimum atomic E-state index is -0.362. The summed E-state index contributed by atoms with van der Waals surface area (Å²) >= 11 is 0. The van der Waals surface area contributed by atoms with Crippen LogP contribution in [0.25, 0.3) is 0 Å². The van der Waals surface area contributed by atoms with Crippen molar-refractivity contribution in [2.24, 2.45) is 0 Å². The summed E-state index contributed by atoms with van der Waals surface area (Å²) < 4.78 is 0. The van der Waals surface area contributed by atoms with Crippen molar-refractivity contribution in [2.45, 2.75) is 13.0 Å². The Balaban J connectivity index is 3.46. The van der Waals surface area contributed by atoms with Crippen molar-refractivity contribution in [2.75, 3.05) is 0 Å².